The van der Waals surface area contributed by atoms with Crippen LogP contribution in [0.3, 0.4) is 0 Å². The molecular weight excluding hydrogens is 292 g/mol. The van der Waals surface area contributed by atoms with E-state index in [1.165, 1.54) is 4.88 Å². The largest absolute Gasteiger partial charge is 0.376 e. The number of benzene rings is 1. The van der Waals surface area contributed by atoms with Crippen molar-refractivity contribution in [3.8, 4) is 0 Å². The van der Waals surface area contributed by atoms with Gasteiger partial charge in [0.1, 0.15) is 0 Å². The zero-order chi connectivity index (χ0) is 14.5. The number of halogens is 1. The smallest absolute Gasteiger partial charge is 0.241 e. The fourth-order valence-electron chi connectivity index (χ4n) is 1.86. The SMILES string of the molecule is Cc1cc(Cl)ccc1NCC(=O)N(C)Cc1cccs1. The number of nitrogens with zero attached hydrogens (tertiary/aromatic N) is 1. The van der Waals surface area contributed by atoms with Crippen LogP contribution in [0.2, 0.25) is 5.02 Å². The highest BCUT2D eigenvalue weighted by molar-refractivity contribution is 7.09. The summed E-state index contributed by atoms with van der Waals surface area (Å²) in [6.45, 7) is 2.90. The van der Waals surface area contributed by atoms with Crippen LogP contribution in [0.25, 0.3) is 0 Å². The maximum absolute atomic E-state index is 12.1. The van der Waals surface area contributed by atoms with Gasteiger partial charge in [0.15, 0.2) is 0 Å². The predicted octanol–water partition coefficient (Wildman–Crippen LogP) is 3.78. The van der Waals surface area contributed by atoms with Crippen LogP contribution < -0.4 is 5.32 Å². The van der Waals surface area contributed by atoms with Crippen LogP contribution in [0.5, 0.6) is 0 Å². The van der Waals surface area contributed by atoms with Crippen molar-refractivity contribution in [3.05, 3.63) is 51.2 Å². The highest BCUT2D eigenvalue weighted by Gasteiger charge is 2.10. The van der Waals surface area contributed by atoms with E-state index in [1.807, 2.05) is 49.7 Å². The molecule has 1 amide bonds. The lowest BCUT2D eigenvalue weighted by molar-refractivity contribution is -0.128. The highest BCUT2D eigenvalue weighted by Crippen LogP contribution is 2.19. The van der Waals surface area contributed by atoms with Gasteiger partial charge in [-0.3, -0.25) is 4.79 Å². The summed E-state index contributed by atoms with van der Waals surface area (Å²) >= 11 is 7.57. The lowest BCUT2D eigenvalue weighted by Gasteiger charge is -2.17. The van der Waals surface area contributed by atoms with E-state index in [0.29, 0.717) is 11.6 Å². The predicted molar refractivity (Wildman–Crippen MR) is 85.5 cm³/mol. The van der Waals surface area contributed by atoms with E-state index in [-0.39, 0.29) is 12.5 Å². The van der Waals surface area contributed by atoms with Gasteiger partial charge in [-0.05, 0) is 42.1 Å². The fraction of sp³-hybridized carbons (Fsp3) is 0.267. The van der Waals surface area contributed by atoms with Gasteiger partial charge in [-0.25, -0.2) is 0 Å². The third kappa shape index (κ3) is 3.99. The average Bonchev–Trinajstić information content (AvgIpc) is 2.90. The minimum Gasteiger partial charge on any atom is -0.376 e. The van der Waals surface area contributed by atoms with Crippen LogP contribution in [0, 0.1) is 6.92 Å². The summed E-state index contributed by atoms with van der Waals surface area (Å²) < 4.78 is 0. The molecule has 0 fully saturated rings. The van der Waals surface area contributed by atoms with Gasteiger partial charge < -0.3 is 10.2 Å². The number of carbonyl (C=O) groups is 1. The molecule has 106 valence electrons. The summed E-state index contributed by atoms with van der Waals surface area (Å²) in [5.41, 5.74) is 1.97. The van der Waals surface area contributed by atoms with Crippen LogP contribution in [-0.2, 0) is 11.3 Å². The Bertz CT molecular complexity index is 584. The molecule has 0 unspecified atom stereocenters. The minimum atomic E-state index is 0.0627. The summed E-state index contributed by atoms with van der Waals surface area (Å²) in [4.78, 5) is 15.0. The molecule has 0 aliphatic heterocycles. The number of thiophene rings is 1. The third-order valence-corrected chi connectivity index (χ3v) is 4.11. The van der Waals surface area contributed by atoms with Crippen LogP contribution in [0.1, 0.15) is 10.4 Å². The second-order valence-electron chi connectivity index (χ2n) is 4.64. The van der Waals surface area contributed by atoms with Gasteiger partial charge in [0.2, 0.25) is 5.91 Å². The van der Waals surface area contributed by atoms with Crippen LogP contribution in [0.15, 0.2) is 35.7 Å². The number of hydrogen-bond donors (Lipinski definition) is 1. The number of carbonyl (C=O) groups excluding carboxylic acids is 1. The molecule has 0 atom stereocenters. The van der Waals surface area contributed by atoms with E-state index in [1.54, 1.807) is 16.2 Å². The number of rotatable bonds is 5. The molecule has 3 nitrogen and oxygen atoms in total. The molecule has 1 aromatic carbocycles. The Morgan fingerprint density at radius 1 is 1.40 bits per heavy atom. The number of amides is 1. The van der Waals surface area contributed by atoms with Crippen molar-refractivity contribution in [3.63, 3.8) is 0 Å². The third-order valence-electron chi connectivity index (χ3n) is 3.02. The summed E-state index contributed by atoms with van der Waals surface area (Å²) in [5, 5.41) is 5.87. The summed E-state index contributed by atoms with van der Waals surface area (Å²) in [5.74, 6) is 0.0627. The normalized spacial score (nSPS) is 10.3. The minimum absolute atomic E-state index is 0.0627. The van der Waals surface area contributed by atoms with Gasteiger partial charge in [0, 0.05) is 22.6 Å². The lowest BCUT2D eigenvalue weighted by atomic mass is 10.2. The Kier molecular flexibility index (Phi) is 5.04. The molecule has 2 rings (SSSR count). The molecular formula is C15H17ClN2OS. The molecule has 0 radical (unpaired) electrons. The molecule has 0 bridgehead atoms. The molecule has 5 heteroatoms. The maximum Gasteiger partial charge on any atom is 0.241 e. The first-order valence-corrected chi connectivity index (χ1v) is 7.58. The van der Waals surface area contributed by atoms with Crippen molar-refractivity contribution in [2.45, 2.75) is 13.5 Å². The molecule has 0 saturated heterocycles. The van der Waals surface area contributed by atoms with E-state index in [0.717, 1.165) is 11.3 Å². The number of hydrogen-bond acceptors (Lipinski definition) is 3. The van der Waals surface area contributed by atoms with Crippen LogP contribution in [0.4, 0.5) is 5.69 Å². The number of aryl methyl sites for hydroxylation is 1. The van der Waals surface area contributed by atoms with Crippen molar-refractivity contribution >= 4 is 34.5 Å². The van der Waals surface area contributed by atoms with E-state index in [2.05, 4.69) is 5.32 Å². The quantitative estimate of drug-likeness (QED) is 0.911. The standard InChI is InChI=1S/C15H17ClN2OS/c1-11-8-12(16)5-6-14(11)17-9-15(19)18(2)10-13-4-3-7-20-13/h3-8,17H,9-10H2,1-2H3. The zero-order valence-electron chi connectivity index (χ0n) is 11.5. The Hall–Kier alpha value is -1.52. The van der Waals surface area contributed by atoms with Crippen molar-refractivity contribution in [1.29, 1.82) is 0 Å². The monoisotopic (exact) mass is 308 g/mol. The second kappa shape index (κ2) is 6.77. The molecule has 0 aliphatic carbocycles. The fourth-order valence-corrected chi connectivity index (χ4v) is 2.84. The lowest BCUT2D eigenvalue weighted by Crippen LogP contribution is -2.31. The second-order valence-corrected chi connectivity index (χ2v) is 6.11. The molecule has 0 spiro atoms. The molecule has 20 heavy (non-hydrogen) atoms. The number of nitrogens with one attached hydrogen (secondary N) is 1. The van der Waals surface area contributed by atoms with Crippen LogP contribution in [-0.4, -0.2) is 24.4 Å². The molecule has 1 heterocycles. The van der Waals surface area contributed by atoms with E-state index in [4.69, 9.17) is 11.6 Å². The molecule has 0 saturated carbocycles. The molecule has 2 aromatic rings. The van der Waals surface area contributed by atoms with Crippen molar-refractivity contribution in [1.82, 2.24) is 4.90 Å². The Morgan fingerprint density at radius 3 is 2.85 bits per heavy atom. The number of likely N-dealkylation sites (N-methyl/N-ethyl adjacent to an activating group) is 1. The van der Waals surface area contributed by atoms with E-state index in [9.17, 15) is 4.79 Å². The summed E-state index contributed by atoms with van der Waals surface area (Å²) in [7, 11) is 1.82. The Morgan fingerprint density at radius 2 is 2.20 bits per heavy atom. The summed E-state index contributed by atoms with van der Waals surface area (Å²) in [6.07, 6.45) is 0. The molecule has 1 N–H and O–H groups in total. The van der Waals surface area contributed by atoms with Gasteiger partial charge in [-0.2, -0.15) is 0 Å². The van der Waals surface area contributed by atoms with Gasteiger partial charge in [-0.15, -0.1) is 11.3 Å². The summed E-state index contributed by atoms with van der Waals surface area (Å²) in [6, 6.07) is 9.61. The van der Waals surface area contributed by atoms with Gasteiger partial charge in [0.05, 0.1) is 13.1 Å². The molecule has 1 aromatic heterocycles. The Balaban J connectivity index is 1.88. The van der Waals surface area contributed by atoms with Gasteiger partial charge in [-0.1, -0.05) is 17.7 Å². The number of anilines is 1. The maximum atomic E-state index is 12.1. The topological polar surface area (TPSA) is 32.3 Å². The average molecular weight is 309 g/mol. The van der Waals surface area contributed by atoms with Crippen LogP contribution >= 0.6 is 22.9 Å². The van der Waals surface area contributed by atoms with E-state index >= 15 is 0 Å². The van der Waals surface area contributed by atoms with Crippen molar-refractivity contribution in [2.75, 3.05) is 18.9 Å². The van der Waals surface area contributed by atoms with Crippen molar-refractivity contribution < 1.29 is 4.79 Å². The zero-order valence-corrected chi connectivity index (χ0v) is 13.1. The first kappa shape index (κ1) is 14.9. The van der Waals surface area contributed by atoms with Crippen molar-refractivity contribution in [2.24, 2.45) is 0 Å². The van der Waals surface area contributed by atoms with Gasteiger partial charge in [0.25, 0.3) is 0 Å². The first-order chi connectivity index (χ1) is 9.56. The highest BCUT2D eigenvalue weighted by atomic mass is 35.5. The van der Waals surface area contributed by atoms with Gasteiger partial charge >= 0.3 is 0 Å². The van der Waals surface area contributed by atoms with E-state index < -0.39 is 0 Å². The first-order valence-electron chi connectivity index (χ1n) is 6.32. The Labute approximate surface area is 128 Å². The molecule has 0 aliphatic rings.